The SMILES string of the molecule is Cc1ccc(S(=O)(=O)N(C)C(C)CN)c(Br)c1.Cl. The van der Waals surface area contributed by atoms with Crippen molar-refractivity contribution in [3.63, 3.8) is 0 Å². The zero-order chi connectivity index (χ0) is 13.2. The second-order valence-electron chi connectivity index (χ2n) is 4.04. The van der Waals surface area contributed by atoms with Crippen LogP contribution in [0, 0.1) is 6.92 Å². The van der Waals surface area contributed by atoms with Crippen molar-refractivity contribution in [2.24, 2.45) is 5.73 Å². The van der Waals surface area contributed by atoms with Crippen molar-refractivity contribution in [3.8, 4) is 0 Å². The van der Waals surface area contributed by atoms with E-state index in [2.05, 4.69) is 15.9 Å². The Morgan fingerprint density at radius 2 is 2.00 bits per heavy atom. The van der Waals surface area contributed by atoms with Crippen LogP contribution in [0.15, 0.2) is 27.6 Å². The van der Waals surface area contributed by atoms with Crippen LogP contribution in [0.4, 0.5) is 0 Å². The molecule has 4 nitrogen and oxygen atoms in total. The zero-order valence-corrected chi connectivity index (χ0v) is 13.8. The maximum atomic E-state index is 12.3. The Balaban J connectivity index is 0.00000289. The monoisotopic (exact) mass is 356 g/mol. The van der Waals surface area contributed by atoms with Crippen LogP contribution >= 0.6 is 28.3 Å². The summed E-state index contributed by atoms with van der Waals surface area (Å²) in [5, 5.41) is 0. The molecule has 1 rings (SSSR count). The van der Waals surface area contributed by atoms with Gasteiger partial charge in [0.15, 0.2) is 0 Å². The molecule has 0 amide bonds. The first kappa shape index (κ1) is 17.9. The maximum Gasteiger partial charge on any atom is 0.244 e. The Kier molecular flexibility index (Phi) is 6.81. The van der Waals surface area contributed by atoms with E-state index in [0.717, 1.165) is 5.56 Å². The van der Waals surface area contributed by atoms with Crippen LogP contribution in [-0.4, -0.2) is 32.4 Å². The van der Waals surface area contributed by atoms with Crippen LogP contribution in [0.1, 0.15) is 12.5 Å². The number of hydrogen-bond donors (Lipinski definition) is 1. The van der Waals surface area contributed by atoms with Gasteiger partial charge in [-0.1, -0.05) is 6.07 Å². The molecule has 0 saturated heterocycles. The first-order valence-electron chi connectivity index (χ1n) is 5.25. The molecule has 1 unspecified atom stereocenters. The number of rotatable bonds is 4. The molecule has 0 spiro atoms. The molecule has 18 heavy (non-hydrogen) atoms. The molecule has 0 aromatic heterocycles. The van der Waals surface area contributed by atoms with Crippen LogP contribution in [0.3, 0.4) is 0 Å². The largest absolute Gasteiger partial charge is 0.329 e. The van der Waals surface area contributed by atoms with E-state index in [9.17, 15) is 8.42 Å². The summed E-state index contributed by atoms with van der Waals surface area (Å²) in [5.41, 5.74) is 6.50. The van der Waals surface area contributed by atoms with Gasteiger partial charge in [-0.25, -0.2) is 8.42 Å². The van der Waals surface area contributed by atoms with E-state index in [1.54, 1.807) is 32.2 Å². The Labute approximate surface area is 123 Å². The third-order valence-electron chi connectivity index (χ3n) is 2.71. The average molecular weight is 358 g/mol. The fraction of sp³-hybridized carbons (Fsp3) is 0.455. The van der Waals surface area contributed by atoms with E-state index < -0.39 is 10.0 Å². The van der Waals surface area contributed by atoms with Crippen molar-refractivity contribution in [1.29, 1.82) is 0 Å². The van der Waals surface area contributed by atoms with Gasteiger partial charge in [-0.3, -0.25) is 0 Å². The predicted octanol–water partition coefficient (Wildman–Crippen LogP) is 2.15. The smallest absolute Gasteiger partial charge is 0.244 e. The lowest BCUT2D eigenvalue weighted by Crippen LogP contribution is -2.39. The summed E-state index contributed by atoms with van der Waals surface area (Å²) in [4.78, 5) is 0.269. The highest BCUT2D eigenvalue weighted by atomic mass is 79.9. The summed E-state index contributed by atoms with van der Waals surface area (Å²) in [7, 11) is -1.95. The first-order chi connectivity index (χ1) is 7.80. The predicted molar refractivity (Wildman–Crippen MR) is 79.6 cm³/mol. The van der Waals surface area contributed by atoms with E-state index in [1.807, 2.05) is 6.92 Å². The van der Waals surface area contributed by atoms with E-state index in [1.165, 1.54) is 4.31 Å². The van der Waals surface area contributed by atoms with Crippen molar-refractivity contribution in [1.82, 2.24) is 4.31 Å². The van der Waals surface area contributed by atoms with E-state index in [4.69, 9.17) is 5.73 Å². The Morgan fingerprint density at radius 1 is 1.44 bits per heavy atom. The molecule has 0 aliphatic rings. The molecule has 1 aromatic carbocycles. The minimum Gasteiger partial charge on any atom is -0.329 e. The molecule has 1 atom stereocenters. The summed E-state index contributed by atoms with van der Waals surface area (Å²) in [6.45, 7) is 3.98. The van der Waals surface area contributed by atoms with Gasteiger partial charge < -0.3 is 5.73 Å². The number of nitrogens with two attached hydrogens (primary N) is 1. The van der Waals surface area contributed by atoms with Gasteiger partial charge >= 0.3 is 0 Å². The van der Waals surface area contributed by atoms with Gasteiger partial charge in [0, 0.05) is 24.1 Å². The molecule has 0 aliphatic carbocycles. The minimum atomic E-state index is -3.49. The number of nitrogens with zero attached hydrogens (tertiary/aromatic N) is 1. The van der Waals surface area contributed by atoms with Crippen LogP contribution < -0.4 is 5.73 Å². The topological polar surface area (TPSA) is 63.4 Å². The minimum absolute atomic E-state index is 0. The summed E-state index contributed by atoms with van der Waals surface area (Å²) in [6, 6.07) is 4.94. The molecule has 0 bridgehead atoms. The van der Waals surface area contributed by atoms with Gasteiger partial charge in [-0.15, -0.1) is 12.4 Å². The summed E-state index contributed by atoms with van der Waals surface area (Å²) >= 11 is 3.29. The number of hydrogen-bond acceptors (Lipinski definition) is 3. The molecule has 0 saturated carbocycles. The van der Waals surface area contributed by atoms with Crippen LogP contribution in [0.2, 0.25) is 0 Å². The quantitative estimate of drug-likeness (QED) is 0.898. The highest BCUT2D eigenvalue weighted by Crippen LogP contribution is 2.26. The number of likely N-dealkylation sites (N-methyl/N-ethyl adjacent to an activating group) is 1. The van der Waals surface area contributed by atoms with E-state index in [0.29, 0.717) is 11.0 Å². The van der Waals surface area contributed by atoms with Crippen molar-refractivity contribution in [2.75, 3.05) is 13.6 Å². The van der Waals surface area contributed by atoms with Crippen molar-refractivity contribution >= 4 is 38.4 Å². The van der Waals surface area contributed by atoms with Gasteiger partial charge in [0.2, 0.25) is 10.0 Å². The molecule has 0 aliphatic heterocycles. The van der Waals surface area contributed by atoms with Gasteiger partial charge in [0.1, 0.15) is 0 Å². The van der Waals surface area contributed by atoms with Gasteiger partial charge in [-0.05, 0) is 47.5 Å². The average Bonchev–Trinajstić information content (AvgIpc) is 2.26. The fourth-order valence-electron chi connectivity index (χ4n) is 1.36. The molecule has 0 radical (unpaired) electrons. The molecule has 7 heteroatoms. The Bertz CT molecular complexity index is 508. The number of aryl methyl sites for hydroxylation is 1. The van der Waals surface area contributed by atoms with E-state index in [-0.39, 0.29) is 23.3 Å². The van der Waals surface area contributed by atoms with Crippen LogP contribution in [0.5, 0.6) is 0 Å². The summed E-state index contributed by atoms with van der Waals surface area (Å²) < 4.78 is 26.5. The lowest BCUT2D eigenvalue weighted by Gasteiger charge is -2.23. The highest BCUT2D eigenvalue weighted by Gasteiger charge is 2.26. The molecule has 2 N–H and O–H groups in total. The summed E-state index contributed by atoms with van der Waals surface area (Å²) in [6.07, 6.45) is 0. The van der Waals surface area contributed by atoms with Crippen molar-refractivity contribution in [2.45, 2.75) is 24.8 Å². The van der Waals surface area contributed by atoms with Crippen molar-refractivity contribution in [3.05, 3.63) is 28.2 Å². The van der Waals surface area contributed by atoms with Gasteiger partial charge in [-0.2, -0.15) is 4.31 Å². The Morgan fingerprint density at radius 3 is 2.44 bits per heavy atom. The second-order valence-corrected chi connectivity index (χ2v) is 6.86. The normalized spacial score (nSPS) is 13.2. The third-order valence-corrected chi connectivity index (χ3v) is 5.65. The fourth-order valence-corrected chi connectivity index (χ4v) is 3.88. The number of halogens is 2. The number of benzene rings is 1. The zero-order valence-electron chi connectivity index (χ0n) is 10.6. The van der Waals surface area contributed by atoms with Crippen LogP contribution in [0.25, 0.3) is 0 Å². The molecule has 1 aromatic rings. The van der Waals surface area contributed by atoms with Crippen LogP contribution in [-0.2, 0) is 10.0 Å². The van der Waals surface area contributed by atoms with E-state index >= 15 is 0 Å². The standard InChI is InChI=1S/C11H17BrN2O2S.ClH/c1-8-4-5-11(10(12)6-8)17(15,16)14(3)9(2)7-13;/h4-6,9H,7,13H2,1-3H3;1H. The second kappa shape index (κ2) is 6.86. The Hall–Kier alpha value is -0.140. The molecule has 104 valence electrons. The van der Waals surface area contributed by atoms with Gasteiger partial charge in [0.05, 0.1) is 4.90 Å². The molecular weight excluding hydrogens is 340 g/mol. The lowest BCUT2D eigenvalue weighted by atomic mass is 10.2. The van der Waals surface area contributed by atoms with Crippen molar-refractivity contribution < 1.29 is 8.42 Å². The molecule has 0 heterocycles. The molecular formula is C11H18BrClN2O2S. The number of sulfonamides is 1. The highest BCUT2D eigenvalue weighted by molar-refractivity contribution is 9.10. The maximum absolute atomic E-state index is 12.3. The third kappa shape index (κ3) is 3.68. The molecule has 0 fully saturated rings. The summed E-state index contributed by atoms with van der Waals surface area (Å²) in [5.74, 6) is 0. The lowest BCUT2D eigenvalue weighted by molar-refractivity contribution is 0.394. The van der Waals surface area contributed by atoms with Gasteiger partial charge in [0.25, 0.3) is 0 Å². The first-order valence-corrected chi connectivity index (χ1v) is 7.48.